The number of carbonyl (C=O) groups is 3. The first-order valence-corrected chi connectivity index (χ1v) is 14.9. The summed E-state index contributed by atoms with van der Waals surface area (Å²) in [6, 6.07) is 15.1. The molecule has 4 heterocycles. The maximum absolute atomic E-state index is 14.6. The highest BCUT2D eigenvalue weighted by atomic mass is 32.2. The number of aliphatic hydroxyl groups is 1. The molecule has 4 aliphatic rings. The third-order valence-corrected chi connectivity index (χ3v) is 10.5. The highest BCUT2D eigenvalue weighted by Crippen LogP contribution is 2.61. The third-order valence-electron chi connectivity index (χ3n) is 8.72. The van der Waals surface area contributed by atoms with Crippen molar-refractivity contribution >= 4 is 35.2 Å². The first kappa shape index (κ1) is 26.8. The second-order valence-electron chi connectivity index (χ2n) is 11.2. The van der Waals surface area contributed by atoms with Crippen molar-refractivity contribution < 1.29 is 19.5 Å². The van der Waals surface area contributed by atoms with Gasteiger partial charge in [-0.1, -0.05) is 72.8 Å². The number of amides is 3. The summed E-state index contributed by atoms with van der Waals surface area (Å²) in [5, 5.41) is 9.45. The lowest BCUT2D eigenvalue weighted by molar-refractivity contribution is -0.143. The molecule has 4 aliphatic heterocycles. The van der Waals surface area contributed by atoms with Crippen LogP contribution in [0.25, 0.3) is 0 Å². The van der Waals surface area contributed by atoms with Gasteiger partial charge < -0.3 is 19.8 Å². The normalized spacial score (nSPS) is 29.4. The number of anilines is 1. The first-order valence-electron chi connectivity index (χ1n) is 14.0. The van der Waals surface area contributed by atoms with Crippen LogP contribution in [0.5, 0.6) is 0 Å². The molecule has 3 amide bonds. The lowest BCUT2D eigenvalue weighted by Crippen LogP contribution is -2.53. The average molecular weight is 558 g/mol. The molecular formula is C32H35N3O4S. The maximum atomic E-state index is 14.6. The van der Waals surface area contributed by atoms with Crippen molar-refractivity contribution in [2.75, 3.05) is 31.1 Å². The summed E-state index contributed by atoms with van der Waals surface area (Å²) < 4.78 is -0.861. The quantitative estimate of drug-likeness (QED) is 0.550. The zero-order valence-electron chi connectivity index (χ0n) is 22.9. The molecule has 2 aromatic carbocycles. The van der Waals surface area contributed by atoms with Crippen molar-refractivity contribution in [3.05, 3.63) is 89.5 Å². The fourth-order valence-corrected chi connectivity index (χ4v) is 9.06. The standard InChI is InChI=1S/C32H35N3O4S/c1-21-10-6-11-22(2)27(21)34-17-8-15-32-26(30(38)35(18-9-19-36)28(32)31(34)39)25-24(40-32)14-7-16-33(29(25)37)20-23-12-4-3-5-13-23/h3-8,10-15,24-26,28,36H,9,16-20H2,1-2H3/t24-,25+,26-,28?,32-/m0/s1. The van der Waals surface area contributed by atoms with Crippen molar-refractivity contribution in [3.63, 3.8) is 0 Å². The van der Waals surface area contributed by atoms with Gasteiger partial charge in [0.2, 0.25) is 11.8 Å². The van der Waals surface area contributed by atoms with E-state index in [-0.39, 0.29) is 36.1 Å². The van der Waals surface area contributed by atoms with Gasteiger partial charge in [0.15, 0.2) is 0 Å². The van der Waals surface area contributed by atoms with Gasteiger partial charge in [-0.05, 0) is 37.0 Å². The SMILES string of the molecule is Cc1cccc(C)c1N1CC=C[C@]23S[C@H]4C=CCN(Cc5ccccc5)C(=O)[C@H]4[C@H]2C(=O)N(CCCO)C3C1=O. The summed E-state index contributed by atoms with van der Waals surface area (Å²) in [6.45, 7) is 5.55. The van der Waals surface area contributed by atoms with Gasteiger partial charge >= 0.3 is 0 Å². The van der Waals surface area contributed by atoms with Crippen LogP contribution >= 0.6 is 11.8 Å². The highest BCUT2D eigenvalue weighted by Gasteiger charge is 2.71. The number of rotatable bonds is 6. The van der Waals surface area contributed by atoms with Crippen LogP contribution in [0.2, 0.25) is 0 Å². The van der Waals surface area contributed by atoms with Gasteiger partial charge in [-0.15, -0.1) is 11.8 Å². The maximum Gasteiger partial charge on any atom is 0.251 e. The summed E-state index contributed by atoms with van der Waals surface area (Å²) in [6.07, 6.45) is 8.53. The van der Waals surface area contributed by atoms with E-state index in [1.807, 2.05) is 85.5 Å². The average Bonchev–Trinajstić information content (AvgIpc) is 3.26. The van der Waals surface area contributed by atoms with E-state index in [1.54, 1.807) is 21.6 Å². The van der Waals surface area contributed by atoms with E-state index < -0.39 is 22.6 Å². The molecule has 0 radical (unpaired) electrons. The zero-order valence-corrected chi connectivity index (χ0v) is 23.7. The molecule has 8 heteroatoms. The largest absolute Gasteiger partial charge is 0.396 e. The highest BCUT2D eigenvalue weighted by molar-refractivity contribution is 8.02. The van der Waals surface area contributed by atoms with Crippen LogP contribution in [-0.2, 0) is 20.9 Å². The van der Waals surface area contributed by atoms with Crippen molar-refractivity contribution in [1.29, 1.82) is 0 Å². The predicted molar refractivity (Wildman–Crippen MR) is 157 cm³/mol. The molecule has 2 saturated heterocycles. The van der Waals surface area contributed by atoms with E-state index >= 15 is 0 Å². The molecule has 6 rings (SSSR count). The van der Waals surface area contributed by atoms with Gasteiger partial charge in [0.1, 0.15) is 6.04 Å². The molecular weight excluding hydrogens is 522 g/mol. The van der Waals surface area contributed by atoms with Gasteiger partial charge in [0.25, 0.3) is 5.91 Å². The fraction of sp³-hybridized carbons (Fsp3) is 0.406. The number of aliphatic hydroxyl groups excluding tert-OH is 1. The Bertz CT molecular complexity index is 1370. The van der Waals surface area contributed by atoms with Crippen molar-refractivity contribution in [3.8, 4) is 0 Å². The number of hydrogen-bond acceptors (Lipinski definition) is 5. The van der Waals surface area contributed by atoms with Crippen molar-refractivity contribution in [1.82, 2.24) is 9.80 Å². The molecule has 208 valence electrons. The number of fused-ring (bicyclic) bond motifs is 2. The lowest BCUT2D eigenvalue weighted by Gasteiger charge is -2.36. The smallest absolute Gasteiger partial charge is 0.251 e. The zero-order chi connectivity index (χ0) is 28.0. The first-order chi connectivity index (χ1) is 19.4. The summed E-state index contributed by atoms with van der Waals surface area (Å²) >= 11 is 1.59. The van der Waals surface area contributed by atoms with E-state index in [0.29, 0.717) is 26.1 Å². The van der Waals surface area contributed by atoms with Crippen LogP contribution in [-0.4, -0.2) is 74.9 Å². The van der Waals surface area contributed by atoms with Crippen LogP contribution in [0.4, 0.5) is 5.69 Å². The predicted octanol–water partition coefficient (Wildman–Crippen LogP) is 3.48. The Morgan fingerprint density at radius 2 is 1.68 bits per heavy atom. The monoisotopic (exact) mass is 557 g/mol. The third kappa shape index (κ3) is 4.20. The van der Waals surface area contributed by atoms with E-state index in [4.69, 9.17) is 0 Å². The Morgan fingerprint density at radius 3 is 2.40 bits per heavy atom. The van der Waals surface area contributed by atoms with Crippen LogP contribution in [0.15, 0.2) is 72.8 Å². The van der Waals surface area contributed by atoms with E-state index in [0.717, 1.165) is 22.4 Å². The molecule has 0 aromatic heterocycles. The van der Waals surface area contributed by atoms with Gasteiger partial charge in [-0.2, -0.15) is 0 Å². The second-order valence-corrected chi connectivity index (χ2v) is 12.7. The van der Waals surface area contributed by atoms with Crippen LogP contribution in [0.1, 0.15) is 23.1 Å². The number of thioether (sulfide) groups is 1. The molecule has 40 heavy (non-hydrogen) atoms. The van der Waals surface area contributed by atoms with Crippen LogP contribution < -0.4 is 4.90 Å². The van der Waals surface area contributed by atoms with Crippen LogP contribution in [0.3, 0.4) is 0 Å². The van der Waals surface area contributed by atoms with E-state index in [2.05, 4.69) is 6.08 Å². The Labute approximate surface area is 239 Å². The summed E-state index contributed by atoms with van der Waals surface area (Å²) in [5.41, 5.74) is 3.91. The topological polar surface area (TPSA) is 81.2 Å². The minimum Gasteiger partial charge on any atom is -0.396 e. The number of benzene rings is 2. The molecule has 1 spiro atoms. The minimum absolute atomic E-state index is 0.0407. The van der Waals surface area contributed by atoms with Crippen LogP contribution in [0, 0.1) is 25.7 Å². The molecule has 1 N–H and O–H groups in total. The van der Waals surface area contributed by atoms with Gasteiger partial charge in [-0.25, -0.2) is 0 Å². The fourth-order valence-electron chi connectivity index (χ4n) is 7.05. The Kier molecular flexibility index (Phi) is 7.09. The molecule has 0 bridgehead atoms. The molecule has 2 aromatic rings. The van der Waals surface area contributed by atoms with Gasteiger partial charge in [0, 0.05) is 43.7 Å². The number of likely N-dealkylation sites (tertiary alicyclic amines) is 1. The minimum atomic E-state index is -0.861. The van der Waals surface area contributed by atoms with Gasteiger partial charge in [0.05, 0.1) is 16.6 Å². The number of nitrogens with zero attached hydrogens (tertiary/aromatic N) is 3. The molecule has 7 nitrogen and oxygen atoms in total. The second kappa shape index (κ2) is 10.6. The summed E-state index contributed by atoms with van der Waals surface area (Å²) in [4.78, 5) is 48.3. The van der Waals surface area contributed by atoms with Gasteiger partial charge in [-0.3, -0.25) is 14.4 Å². The lowest BCUT2D eigenvalue weighted by atomic mass is 9.78. The number of carbonyl (C=O) groups excluding carboxylic acids is 3. The summed E-state index contributed by atoms with van der Waals surface area (Å²) in [7, 11) is 0. The number of aryl methyl sites for hydroxylation is 2. The summed E-state index contributed by atoms with van der Waals surface area (Å²) in [5.74, 6) is -1.55. The Morgan fingerprint density at radius 1 is 0.925 bits per heavy atom. The Balaban J connectivity index is 1.41. The molecule has 1 unspecified atom stereocenters. The Hall–Kier alpha value is -3.36. The molecule has 2 fully saturated rings. The number of hydrogen-bond donors (Lipinski definition) is 1. The van der Waals surface area contributed by atoms with Crippen molar-refractivity contribution in [2.24, 2.45) is 11.8 Å². The number of para-hydroxylation sites is 1. The van der Waals surface area contributed by atoms with E-state index in [9.17, 15) is 19.5 Å². The molecule has 0 saturated carbocycles. The van der Waals surface area contributed by atoms with Crippen molar-refractivity contribution in [2.45, 2.75) is 42.9 Å². The molecule has 5 atom stereocenters. The van der Waals surface area contributed by atoms with E-state index in [1.165, 1.54) is 0 Å². The molecule has 0 aliphatic carbocycles.